The summed E-state index contributed by atoms with van der Waals surface area (Å²) in [7, 11) is 0. The molecule has 0 aliphatic carbocycles. The van der Waals surface area contributed by atoms with E-state index in [2.05, 4.69) is 194 Å². The van der Waals surface area contributed by atoms with Crippen molar-refractivity contribution in [1.29, 1.82) is 0 Å². The maximum absolute atomic E-state index is 6.42. The lowest BCUT2D eigenvalue weighted by Gasteiger charge is -2.19. The van der Waals surface area contributed by atoms with E-state index >= 15 is 0 Å². The molecule has 0 saturated carbocycles. The van der Waals surface area contributed by atoms with E-state index < -0.39 is 0 Å². The molecule has 0 N–H and O–H groups in total. The first-order valence-corrected chi connectivity index (χ1v) is 20.7. The van der Waals surface area contributed by atoms with Gasteiger partial charge in [-0.25, -0.2) is 0 Å². The van der Waals surface area contributed by atoms with Crippen LogP contribution in [-0.4, -0.2) is 0 Å². The summed E-state index contributed by atoms with van der Waals surface area (Å²) in [6, 6.07) is 71.5. The van der Waals surface area contributed by atoms with Crippen LogP contribution in [0.15, 0.2) is 199 Å². The van der Waals surface area contributed by atoms with Crippen LogP contribution < -0.4 is 0 Å². The Labute approximate surface area is 337 Å². The number of fused-ring (bicyclic) bond motifs is 13. The zero-order valence-electron chi connectivity index (χ0n) is 31.3. The molecule has 2 heterocycles. The second-order valence-electron chi connectivity index (χ2n) is 15.5. The lowest BCUT2D eigenvalue weighted by molar-refractivity contribution is 0.669. The first kappa shape index (κ1) is 31.9. The highest BCUT2D eigenvalue weighted by molar-refractivity contribution is 7.26. The SMILES string of the molecule is c1ccc2c(-c3c4ccccc4c(-c4ccc5cc(-c6ccc7sc8c(ccc9oc%10ccc%11ccccc%11c%10c98)c7c6)ccc5c4)c4ccccc34)cccc2c1. The molecule has 13 aromatic rings. The predicted molar refractivity (Wildman–Crippen MR) is 250 cm³/mol. The molecule has 2 aromatic heterocycles. The van der Waals surface area contributed by atoms with Gasteiger partial charge in [-0.3, -0.25) is 0 Å². The average Bonchev–Trinajstić information content (AvgIpc) is 3.86. The molecule has 0 radical (unpaired) electrons. The van der Waals surface area contributed by atoms with Crippen LogP contribution in [-0.2, 0) is 0 Å². The Bertz CT molecular complexity index is 3800. The first-order chi connectivity index (χ1) is 28.7. The minimum atomic E-state index is 0.943. The zero-order chi connectivity index (χ0) is 37.9. The minimum Gasteiger partial charge on any atom is -0.456 e. The van der Waals surface area contributed by atoms with E-state index in [0.29, 0.717) is 0 Å². The lowest BCUT2D eigenvalue weighted by atomic mass is 9.84. The summed E-state index contributed by atoms with van der Waals surface area (Å²) < 4.78 is 9.00. The van der Waals surface area contributed by atoms with E-state index in [1.807, 2.05) is 11.3 Å². The Balaban J connectivity index is 0.949. The fourth-order valence-corrected chi connectivity index (χ4v) is 11.0. The summed E-state index contributed by atoms with van der Waals surface area (Å²) in [5.41, 5.74) is 9.41. The van der Waals surface area contributed by atoms with Crippen molar-refractivity contribution in [1.82, 2.24) is 0 Å². The molecule has 268 valence electrons. The second kappa shape index (κ2) is 12.1. The molecule has 0 aliphatic rings. The summed E-state index contributed by atoms with van der Waals surface area (Å²) in [6.45, 7) is 0. The quantitative estimate of drug-likeness (QED) is 0.164. The van der Waals surface area contributed by atoms with Gasteiger partial charge >= 0.3 is 0 Å². The van der Waals surface area contributed by atoms with Gasteiger partial charge in [0.05, 0.1) is 0 Å². The Morgan fingerprint density at radius 1 is 0.310 bits per heavy atom. The van der Waals surface area contributed by atoms with Crippen LogP contribution in [0.5, 0.6) is 0 Å². The standard InChI is InChI=1S/C56H32OS/c1-3-13-40-33(10-1)12-9-19-42(40)53-45-17-7-5-15-43(45)52(44-16-6-8-18-46(44)53)39-23-22-35-30-36(20-21-37(35)31-39)38-25-29-51-48(32-38)47-26-28-50-55(56(47)58-51)54-41-14-4-2-11-34(41)24-27-49(54)57-50/h1-32H. The monoisotopic (exact) mass is 752 g/mol. The summed E-state index contributed by atoms with van der Waals surface area (Å²) in [4.78, 5) is 0. The zero-order valence-corrected chi connectivity index (χ0v) is 32.1. The molecule has 0 saturated heterocycles. The maximum Gasteiger partial charge on any atom is 0.136 e. The summed E-state index contributed by atoms with van der Waals surface area (Å²) in [5, 5.41) is 17.5. The molecule has 0 spiro atoms. The van der Waals surface area contributed by atoms with E-state index in [4.69, 9.17) is 4.42 Å². The van der Waals surface area contributed by atoms with Gasteiger partial charge in [0.15, 0.2) is 0 Å². The fraction of sp³-hybridized carbons (Fsp3) is 0. The van der Waals surface area contributed by atoms with Crippen molar-refractivity contribution < 1.29 is 4.42 Å². The van der Waals surface area contributed by atoms with Crippen molar-refractivity contribution in [2.75, 3.05) is 0 Å². The molecule has 13 rings (SSSR count). The van der Waals surface area contributed by atoms with Crippen molar-refractivity contribution in [3.8, 4) is 33.4 Å². The van der Waals surface area contributed by atoms with E-state index in [-0.39, 0.29) is 0 Å². The van der Waals surface area contributed by atoms with Gasteiger partial charge < -0.3 is 4.42 Å². The molecule has 2 heteroatoms. The van der Waals surface area contributed by atoms with E-state index in [1.165, 1.54) is 118 Å². The lowest BCUT2D eigenvalue weighted by Crippen LogP contribution is -1.91. The van der Waals surface area contributed by atoms with Crippen LogP contribution in [0.1, 0.15) is 0 Å². The molecule has 0 fully saturated rings. The molecule has 0 unspecified atom stereocenters. The normalized spacial score (nSPS) is 12.1. The highest BCUT2D eigenvalue weighted by Crippen LogP contribution is 2.47. The topological polar surface area (TPSA) is 13.1 Å². The van der Waals surface area contributed by atoms with E-state index in [1.54, 1.807) is 0 Å². The van der Waals surface area contributed by atoms with Crippen molar-refractivity contribution >= 4 is 107 Å². The van der Waals surface area contributed by atoms with Gasteiger partial charge in [0, 0.05) is 30.9 Å². The molecule has 1 nitrogen and oxygen atoms in total. The van der Waals surface area contributed by atoms with Crippen LogP contribution >= 0.6 is 11.3 Å². The average molecular weight is 753 g/mol. The van der Waals surface area contributed by atoms with Crippen molar-refractivity contribution in [3.05, 3.63) is 194 Å². The van der Waals surface area contributed by atoms with Crippen LogP contribution in [0.25, 0.3) is 129 Å². The van der Waals surface area contributed by atoms with Gasteiger partial charge in [0.1, 0.15) is 11.2 Å². The fourth-order valence-electron chi connectivity index (χ4n) is 9.79. The summed E-state index contributed by atoms with van der Waals surface area (Å²) in [6.07, 6.45) is 0. The van der Waals surface area contributed by atoms with Gasteiger partial charge in [-0.05, 0) is 130 Å². The third kappa shape index (κ3) is 4.58. The number of benzene rings is 11. The van der Waals surface area contributed by atoms with E-state index in [0.717, 1.165) is 11.2 Å². The van der Waals surface area contributed by atoms with Crippen molar-refractivity contribution in [2.45, 2.75) is 0 Å². The number of hydrogen-bond donors (Lipinski definition) is 0. The molecule has 0 atom stereocenters. The third-order valence-corrected chi connectivity index (χ3v) is 13.6. The third-order valence-electron chi connectivity index (χ3n) is 12.4. The highest BCUT2D eigenvalue weighted by atomic mass is 32.1. The van der Waals surface area contributed by atoms with Gasteiger partial charge in [-0.15, -0.1) is 11.3 Å². The van der Waals surface area contributed by atoms with Crippen LogP contribution in [0.3, 0.4) is 0 Å². The Morgan fingerprint density at radius 3 is 1.60 bits per heavy atom. The largest absolute Gasteiger partial charge is 0.456 e. The number of furan rings is 1. The van der Waals surface area contributed by atoms with Crippen LogP contribution in [0, 0.1) is 0 Å². The Kier molecular flexibility index (Phi) is 6.66. The smallest absolute Gasteiger partial charge is 0.136 e. The van der Waals surface area contributed by atoms with Crippen LogP contribution in [0.4, 0.5) is 0 Å². The van der Waals surface area contributed by atoms with Crippen molar-refractivity contribution in [3.63, 3.8) is 0 Å². The first-order valence-electron chi connectivity index (χ1n) is 19.9. The second-order valence-corrected chi connectivity index (χ2v) is 16.6. The van der Waals surface area contributed by atoms with Crippen molar-refractivity contribution in [2.24, 2.45) is 0 Å². The molecule has 58 heavy (non-hydrogen) atoms. The molecular formula is C56H32OS. The van der Waals surface area contributed by atoms with Gasteiger partial charge in [0.2, 0.25) is 0 Å². The maximum atomic E-state index is 6.42. The van der Waals surface area contributed by atoms with Gasteiger partial charge in [-0.2, -0.15) is 0 Å². The molecule has 11 aromatic carbocycles. The predicted octanol–water partition coefficient (Wildman–Crippen LogP) is 16.7. The molecule has 0 aliphatic heterocycles. The summed E-state index contributed by atoms with van der Waals surface area (Å²) in [5.74, 6) is 0. The van der Waals surface area contributed by atoms with E-state index in [9.17, 15) is 0 Å². The Hall–Kier alpha value is -7.26. The highest BCUT2D eigenvalue weighted by Gasteiger charge is 2.19. The van der Waals surface area contributed by atoms with Gasteiger partial charge in [-0.1, -0.05) is 152 Å². The molecule has 0 amide bonds. The molecule has 0 bridgehead atoms. The minimum absolute atomic E-state index is 0.943. The van der Waals surface area contributed by atoms with Crippen LogP contribution in [0.2, 0.25) is 0 Å². The van der Waals surface area contributed by atoms with Gasteiger partial charge in [0.25, 0.3) is 0 Å². The summed E-state index contributed by atoms with van der Waals surface area (Å²) >= 11 is 1.87. The number of hydrogen-bond acceptors (Lipinski definition) is 2. The number of thiophene rings is 1. The Morgan fingerprint density at radius 2 is 0.845 bits per heavy atom. The molecular weight excluding hydrogens is 721 g/mol. The number of rotatable bonds is 3.